The summed E-state index contributed by atoms with van der Waals surface area (Å²) in [7, 11) is 0. The van der Waals surface area contributed by atoms with Crippen LogP contribution in [0, 0.1) is 5.82 Å². The molecule has 0 spiro atoms. The van der Waals surface area contributed by atoms with Gasteiger partial charge in [-0.05, 0) is 48.0 Å². The fourth-order valence-corrected chi connectivity index (χ4v) is 2.34. The Morgan fingerprint density at radius 1 is 1.08 bits per heavy atom. The summed E-state index contributed by atoms with van der Waals surface area (Å²) in [6.07, 6.45) is 4.70. The Labute approximate surface area is 143 Å². The highest BCUT2D eigenvalue weighted by Crippen LogP contribution is 2.21. The summed E-state index contributed by atoms with van der Waals surface area (Å²) < 4.78 is 13.2. The minimum atomic E-state index is -0.360. The molecule has 24 heavy (non-hydrogen) atoms. The predicted octanol–water partition coefficient (Wildman–Crippen LogP) is 4.12. The largest absolute Gasteiger partial charge is 0.304 e. The molecule has 0 N–H and O–H groups in total. The zero-order chi connectivity index (χ0) is 16.9. The molecule has 2 aromatic heterocycles. The van der Waals surface area contributed by atoms with Gasteiger partial charge in [-0.25, -0.2) is 9.37 Å². The number of hydrogen-bond donors (Lipinski definition) is 0. The zero-order valence-corrected chi connectivity index (χ0v) is 13.3. The molecule has 2 heterocycles. The lowest BCUT2D eigenvalue weighted by molar-refractivity contribution is 0.0984. The number of hydrogen-bond acceptors (Lipinski definition) is 3. The number of rotatable bonds is 4. The van der Waals surface area contributed by atoms with Crippen molar-refractivity contribution in [2.45, 2.75) is 6.54 Å². The monoisotopic (exact) mass is 341 g/mol. The fraction of sp³-hybridized carbons (Fsp3) is 0.0556. The van der Waals surface area contributed by atoms with Crippen LogP contribution in [-0.2, 0) is 6.54 Å². The van der Waals surface area contributed by atoms with E-state index in [0.29, 0.717) is 16.4 Å². The molecular formula is C18H13ClFN3O. The van der Waals surface area contributed by atoms with Gasteiger partial charge >= 0.3 is 0 Å². The number of benzene rings is 1. The third-order valence-corrected chi connectivity index (χ3v) is 3.64. The topological polar surface area (TPSA) is 46.1 Å². The van der Waals surface area contributed by atoms with Gasteiger partial charge in [0.25, 0.3) is 5.91 Å². The van der Waals surface area contributed by atoms with Gasteiger partial charge in [0.15, 0.2) is 0 Å². The molecule has 1 amide bonds. The number of amides is 1. The van der Waals surface area contributed by atoms with Crippen LogP contribution in [0.3, 0.4) is 0 Å². The highest BCUT2D eigenvalue weighted by atomic mass is 35.5. The van der Waals surface area contributed by atoms with Gasteiger partial charge in [-0.15, -0.1) is 0 Å². The average Bonchev–Trinajstić information content (AvgIpc) is 2.62. The van der Waals surface area contributed by atoms with E-state index < -0.39 is 0 Å². The summed E-state index contributed by atoms with van der Waals surface area (Å²) in [6.45, 7) is 0.281. The Hall–Kier alpha value is -2.79. The molecule has 0 bridgehead atoms. The molecule has 0 aliphatic heterocycles. The van der Waals surface area contributed by atoms with Crippen LogP contribution in [0.2, 0.25) is 5.15 Å². The molecular weight excluding hydrogens is 329 g/mol. The number of pyridine rings is 2. The molecule has 3 rings (SSSR count). The van der Waals surface area contributed by atoms with Gasteiger partial charge in [0.05, 0.1) is 12.1 Å². The fourth-order valence-electron chi connectivity index (χ4n) is 2.23. The zero-order valence-electron chi connectivity index (χ0n) is 12.6. The normalized spacial score (nSPS) is 10.4. The first-order valence-corrected chi connectivity index (χ1v) is 7.59. The summed E-state index contributed by atoms with van der Waals surface area (Å²) in [5, 5.41) is 0.380. The van der Waals surface area contributed by atoms with E-state index >= 15 is 0 Å². The number of carbonyl (C=O) groups excluding carboxylic acids is 1. The van der Waals surface area contributed by atoms with Crippen LogP contribution in [0.1, 0.15) is 15.9 Å². The number of nitrogens with zero attached hydrogens (tertiary/aromatic N) is 3. The average molecular weight is 342 g/mol. The van der Waals surface area contributed by atoms with E-state index in [1.807, 2.05) is 0 Å². The molecule has 0 fully saturated rings. The minimum absolute atomic E-state index is 0.232. The van der Waals surface area contributed by atoms with Crippen molar-refractivity contribution < 1.29 is 9.18 Å². The molecule has 3 aromatic rings. The Kier molecular flexibility index (Phi) is 4.82. The van der Waals surface area contributed by atoms with Crippen molar-refractivity contribution in [3.63, 3.8) is 0 Å². The first-order valence-electron chi connectivity index (χ1n) is 7.21. The van der Waals surface area contributed by atoms with Crippen LogP contribution in [0.15, 0.2) is 67.1 Å². The van der Waals surface area contributed by atoms with Gasteiger partial charge in [0, 0.05) is 24.3 Å². The molecule has 0 radical (unpaired) electrons. The Morgan fingerprint density at radius 2 is 1.88 bits per heavy atom. The van der Waals surface area contributed by atoms with E-state index in [2.05, 4.69) is 9.97 Å². The molecule has 0 unspecified atom stereocenters. The summed E-state index contributed by atoms with van der Waals surface area (Å²) in [5.41, 5.74) is 1.84. The summed E-state index contributed by atoms with van der Waals surface area (Å²) >= 11 is 5.80. The second kappa shape index (κ2) is 7.19. The third kappa shape index (κ3) is 3.75. The molecule has 0 atom stereocenters. The van der Waals surface area contributed by atoms with Crippen molar-refractivity contribution in [2.24, 2.45) is 0 Å². The van der Waals surface area contributed by atoms with Gasteiger partial charge in [-0.1, -0.05) is 17.7 Å². The van der Waals surface area contributed by atoms with E-state index in [9.17, 15) is 9.18 Å². The van der Waals surface area contributed by atoms with Crippen LogP contribution < -0.4 is 4.90 Å². The molecule has 0 aliphatic rings. The molecule has 120 valence electrons. The molecule has 4 nitrogen and oxygen atoms in total. The van der Waals surface area contributed by atoms with Gasteiger partial charge in [0.1, 0.15) is 11.0 Å². The van der Waals surface area contributed by atoms with E-state index in [1.54, 1.807) is 53.7 Å². The third-order valence-electron chi connectivity index (χ3n) is 3.42. The highest BCUT2D eigenvalue weighted by molar-refractivity contribution is 6.29. The SMILES string of the molecule is O=C(c1cccnc1)N(Cc1ccc(Cl)nc1)c1ccc(F)cc1. The molecule has 0 saturated heterocycles. The number of carbonyl (C=O) groups is 1. The minimum Gasteiger partial charge on any atom is -0.304 e. The maximum atomic E-state index is 13.2. The second-order valence-corrected chi connectivity index (χ2v) is 5.49. The van der Waals surface area contributed by atoms with Crippen LogP contribution in [-0.4, -0.2) is 15.9 Å². The smallest absolute Gasteiger partial charge is 0.260 e. The van der Waals surface area contributed by atoms with Gasteiger partial charge < -0.3 is 4.90 Å². The maximum absolute atomic E-state index is 13.2. The Morgan fingerprint density at radius 3 is 2.50 bits per heavy atom. The van der Waals surface area contributed by atoms with E-state index in [4.69, 9.17) is 11.6 Å². The van der Waals surface area contributed by atoms with Crippen molar-refractivity contribution in [3.8, 4) is 0 Å². The standard InChI is InChI=1S/C18H13ClFN3O/c19-17-8-3-13(10-22-17)12-23(16-6-4-15(20)5-7-16)18(24)14-2-1-9-21-11-14/h1-11H,12H2. The number of aromatic nitrogens is 2. The van der Waals surface area contributed by atoms with Crippen molar-refractivity contribution in [2.75, 3.05) is 4.90 Å². The van der Waals surface area contributed by atoms with Gasteiger partial charge in [-0.2, -0.15) is 0 Å². The quantitative estimate of drug-likeness (QED) is 0.671. The molecule has 0 saturated carbocycles. The second-order valence-electron chi connectivity index (χ2n) is 5.10. The lowest BCUT2D eigenvalue weighted by Crippen LogP contribution is -2.30. The summed E-state index contributed by atoms with van der Waals surface area (Å²) in [6, 6.07) is 12.6. The van der Waals surface area contributed by atoms with E-state index in [0.717, 1.165) is 5.56 Å². The number of halogens is 2. The Bertz CT molecular complexity index is 823. The van der Waals surface area contributed by atoms with E-state index in [-0.39, 0.29) is 18.3 Å². The Balaban J connectivity index is 1.95. The highest BCUT2D eigenvalue weighted by Gasteiger charge is 2.18. The molecule has 0 aliphatic carbocycles. The van der Waals surface area contributed by atoms with Crippen molar-refractivity contribution >= 4 is 23.2 Å². The van der Waals surface area contributed by atoms with Crippen molar-refractivity contribution in [1.82, 2.24) is 9.97 Å². The van der Waals surface area contributed by atoms with Gasteiger partial charge in [0.2, 0.25) is 0 Å². The molecule has 1 aromatic carbocycles. The predicted molar refractivity (Wildman–Crippen MR) is 90.4 cm³/mol. The van der Waals surface area contributed by atoms with Crippen LogP contribution >= 0.6 is 11.6 Å². The van der Waals surface area contributed by atoms with Crippen LogP contribution in [0.5, 0.6) is 0 Å². The summed E-state index contributed by atoms with van der Waals surface area (Å²) in [5.74, 6) is -0.592. The van der Waals surface area contributed by atoms with E-state index in [1.165, 1.54) is 18.3 Å². The first-order chi connectivity index (χ1) is 11.6. The van der Waals surface area contributed by atoms with Crippen LogP contribution in [0.4, 0.5) is 10.1 Å². The molecule has 6 heteroatoms. The van der Waals surface area contributed by atoms with Crippen molar-refractivity contribution in [3.05, 3.63) is 89.2 Å². The first kappa shape index (κ1) is 16.1. The van der Waals surface area contributed by atoms with Gasteiger partial charge in [-0.3, -0.25) is 9.78 Å². The summed E-state index contributed by atoms with van der Waals surface area (Å²) in [4.78, 5) is 22.4. The number of anilines is 1. The van der Waals surface area contributed by atoms with Crippen LogP contribution in [0.25, 0.3) is 0 Å². The lowest BCUT2D eigenvalue weighted by Gasteiger charge is -2.23. The van der Waals surface area contributed by atoms with Crippen molar-refractivity contribution in [1.29, 1.82) is 0 Å². The maximum Gasteiger partial charge on any atom is 0.260 e. The lowest BCUT2D eigenvalue weighted by atomic mass is 10.2.